The van der Waals surface area contributed by atoms with Crippen LogP contribution in [0.15, 0.2) is 133 Å². The van der Waals surface area contributed by atoms with Gasteiger partial charge in [-0.05, 0) is 58.0 Å². The molecule has 1 N–H and O–H groups in total. The van der Waals surface area contributed by atoms with Crippen LogP contribution in [0.2, 0.25) is 5.02 Å². The normalized spacial score (nSPS) is 23.0. The van der Waals surface area contributed by atoms with Gasteiger partial charge in [-0.15, -0.1) is 0 Å². The Balaban J connectivity index is 1.13. The maximum atomic E-state index is 12.1. The first kappa shape index (κ1) is 36.3. The molecule has 8 heteroatoms. The number of halogens is 1. The second kappa shape index (κ2) is 18.1. The molecule has 2 aliphatic heterocycles. The van der Waals surface area contributed by atoms with E-state index in [2.05, 4.69) is 12.1 Å². The predicted octanol–water partition coefficient (Wildman–Crippen LogP) is 8.29. The topological polar surface area (TPSA) is 75.6 Å². The van der Waals surface area contributed by atoms with Crippen molar-refractivity contribution in [3.8, 4) is 5.75 Å². The van der Waals surface area contributed by atoms with Crippen molar-refractivity contribution in [2.45, 2.75) is 69.3 Å². The number of ether oxygens (including phenoxy) is 6. The summed E-state index contributed by atoms with van der Waals surface area (Å²) in [5.41, 5.74) is 5.88. The van der Waals surface area contributed by atoms with Gasteiger partial charge in [0.25, 0.3) is 0 Å². The summed E-state index contributed by atoms with van der Waals surface area (Å²) in [5.74, 6) is 0.823. The molecule has 52 heavy (non-hydrogen) atoms. The van der Waals surface area contributed by atoms with E-state index in [-0.39, 0.29) is 12.7 Å². The van der Waals surface area contributed by atoms with Crippen LogP contribution in [0.5, 0.6) is 5.75 Å². The van der Waals surface area contributed by atoms with Crippen molar-refractivity contribution in [2.24, 2.45) is 0 Å². The van der Waals surface area contributed by atoms with E-state index in [0.717, 1.165) is 52.2 Å². The molecule has 5 aromatic carbocycles. The number of aliphatic hydroxyl groups is 1. The molecule has 2 fully saturated rings. The average molecular weight is 721 g/mol. The van der Waals surface area contributed by atoms with Gasteiger partial charge >= 0.3 is 0 Å². The quantitative estimate of drug-likeness (QED) is 0.117. The van der Waals surface area contributed by atoms with Gasteiger partial charge in [0.15, 0.2) is 0 Å². The van der Waals surface area contributed by atoms with E-state index >= 15 is 0 Å². The lowest BCUT2D eigenvalue weighted by Gasteiger charge is -2.45. The van der Waals surface area contributed by atoms with E-state index in [1.807, 2.05) is 121 Å². The summed E-state index contributed by atoms with van der Waals surface area (Å²) in [6.07, 6.45) is -2.05. The van der Waals surface area contributed by atoms with Gasteiger partial charge in [-0.3, -0.25) is 0 Å². The van der Waals surface area contributed by atoms with Crippen LogP contribution in [0, 0.1) is 0 Å². The summed E-state index contributed by atoms with van der Waals surface area (Å²) in [4.78, 5) is 0. The molecule has 2 heterocycles. The van der Waals surface area contributed by atoms with Gasteiger partial charge in [0.1, 0.15) is 42.4 Å². The zero-order valence-electron chi connectivity index (χ0n) is 29.1. The lowest BCUT2D eigenvalue weighted by atomic mass is 9.89. The van der Waals surface area contributed by atoms with E-state index in [0.29, 0.717) is 37.9 Å². The third-order valence-corrected chi connectivity index (χ3v) is 9.90. The van der Waals surface area contributed by atoms with Crippen LogP contribution in [0.3, 0.4) is 0 Å². The summed E-state index contributed by atoms with van der Waals surface area (Å²) >= 11 is 6.78. The summed E-state index contributed by atoms with van der Waals surface area (Å²) < 4.78 is 37.7. The Labute approximate surface area is 311 Å². The Bertz CT molecular complexity index is 1800. The van der Waals surface area contributed by atoms with Crippen LogP contribution in [0.4, 0.5) is 0 Å². The van der Waals surface area contributed by atoms with E-state index in [1.165, 1.54) is 0 Å². The summed E-state index contributed by atoms with van der Waals surface area (Å²) in [7, 11) is 0. The first-order chi connectivity index (χ1) is 25.6. The molecule has 2 aliphatic rings. The molecule has 0 radical (unpaired) electrons. The molecule has 0 aromatic heterocycles. The van der Waals surface area contributed by atoms with Crippen molar-refractivity contribution >= 4 is 11.6 Å². The molecule has 6 atom stereocenters. The fraction of sp³-hybridized carbons (Fsp3) is 0.318. The maximum Gasteiger partial charge on any atom is 0.124 e. The maximum absolute atomic E-state index is 12.1. The monoisotopic (exact) mass is 720 g/mol. The molecule has 0 amide bonds. The smallest absolute Gasteiger partial charge is 0.124 e. The molecular weight excluding hydrogens is 676 g/mol. The van der Waals surface area contributed by atoms with E-state index in [4.69, 9.17) is 40.0 Å². The molecule has 0 spiro atoms. The first-order valence-corrected chi connectivity index (χ1v) is 18.3. The summed E-state index contributed by atoms with van der Waals surface area (Å²) in [6.45, 7) is 2.65. The van der Waals surface area contributed by atoms with Crippen molar-refractivity contribution < 1.29 is 33.5 Å². The van der Waals surface area contributed by atoms with Crippen molar-refractivity contribution in [2.75, 3.05) is 19.8 Å². The van der Waals surface area contributed by atoms with Crippen LogP contribution in [0.25, 0.3) is 0 Å². The van der Waals surface area contributed by atoms with Crippen LogP contribution < -0.4 is 4.74 Å². The van der Waals surface area contributed by atoms with Crippen molar-refractivity contribution in [3.63, 3.8) is 0 Å². The second-order valence-electron chi connectivity index (χ2n) is 13.4. The first-order valence-electron chi connectivity index (χ1n) is 18.0. The Morgan fingerprint density at radius 3 is 1.90 bits per heavy atom. The summed E-state index contributed by atoms with van der Waals surface area (Å²) in [6, 6.07) is 43.9. The highest BCUT2D eigenvalue weighted by atomic mass is 35.5. The molecule has 7 nitrogen and oxygen atoms in total. The third kappa shape index (κ3) is 9.68. The molecule has 270 valence electrons. The van der Waals surface area contributed by atoms with Gasteiger partial charge in [0.2, 0.25) is 0 Å². The van der Waals surface area contributed by atoms with Gasteiger partial charge in [-0.1, -0.05) is 127 Å². The SMILES string of the molecule is OC1C(c2ccc(Cl)c(Cc3ccc(O[C@H]4CCOC4)cc3)c2)OC(COCc2ccccc2)C(OCc2ccccc2)C1OCc1ccccc1. The van der Waals surface area contributed by atoms with Crippen molar-refractivity contribution in [1.29, 1.82) is 0 Å². The largest absolute Gasteiger partial charge is 0.488 e. The minimum Gasteiger partial charge on any atom is -0.488 e. The van der Waals surface area contributed by atoms with Gasteiger partial charge in [0.05, 0.1) is 39.6 Å². The Kier molecular flexibility index (Phi) is 12.7. The van der Waals surface area contributed by atoms with E-state index < -0.39 is 30.5 Å². The fourth-order valence-corrected chi connectivity index (χ4v) is 6.93. The van der Waals surface area contributed by atoms with Gasteiger partial charge in [-0.25, -0.2) is 0 Å². The molecule has 0 bridgehead atoms. The van der Waals surface area contributed by atoms with Gasteiger partial charge < -0.3 is 33.5 Å². The van der Waals surface area contributed by atoms with Crippen LogP contribution >= 0.6 is 11.6 Å². The van der Waals surface area contributed by atoms with Crippen molar-refractivity contribution in [3.05, 3.63) is 172 Å². The molecule has 5 aromatic rings. The Hall–Kier alpha value is -4.05. The van der Waals surface area contributed by atoms with E-state index in [1.54, 1.807) is 0 Å². The predicted molar refractivity (Wildman–Crippen MR) is 200 cm³/mol. The number of aliphatic hydroxyl groups excluding tert-OH is 1. The highest BCUT2D eigenvalue weighted by Gasteiger charge is 2.47. The highest BCUT2D eigenvalue weighted by molar-refractivity contribution is 6.31. The zero-order chi connectivity index (χ0) is 35.5. The minimum atomic E-state index is -1.04. The lowest BCUT2D eigenvalue weighted by molar-refractivity contribution is -0.263. The Morgan fingerprint density at radius 1 is 0.673 bits per heavy atom. The molecule has 2 saturated heterocycles. The molecule has 0 aliphatic carbocycles. The molecule has 0 saturated carbocycles. The van der Waals surface area contributed by atoms with E-state index in [9.17, 15) is 5.11 Å². The Morgan fingerprint density at radius 2 is 1.29 bits per heavy atom. The average Bonchev–Trinajstić information content (AvgIpc) is 3.70. The number of hydrogen-bond donors (Lipinski definition) is 1. The third-order valence-electron chi connectivity index (χ3n) is 9.53. The fourth-order valence-electron chi connectivity index (χ4n) is 6.74. The zero-order valence-corrected chi connectivity index (χ0v) is 29.9. The number of benzene rings is 5. The molecular formula is C44H45ClO7. The molecule has 7 rings (SSSR count). The number of hydrogen-bond acceptors (Lipinski definition) is 7. The second-order valence-corrected chi connectivity index (χ2v) is 13.8. The standard InChI is InChI=1S/C44H45ClO7/c45-39-21-18-35(25-36(39)24-31-16-19-37(20-17-31)51-38-22-23-47-29-38)42-41(46)44(50-28-34-14-8-3-9-15-34)43(49-27-33-12-6-2-7-13-33)40(52-42)30-48-26-32-10-4-1-5-11-32/h1-21,25,38,40-44,46H,22-24,26-30H2/t38-,40?,41?,42?,43?,44?/m0/s1. The number of rotatable bonds is 15. The van der Waals surface area contributed by atoms with Gasteiger partial charge in [0, 0.05) is 11.4 Å². The van der Waals surface area contributed by atoms with Crippen LogP contribution in [0.1, 0.15) is 45.9 Å². The van der Waals surface area contributed by atoms with Gasteiger partial charge in [-0.2, -0.15) is 0 Å². The minimum absolute atomic E-state index is 0.0929. The van der Waals surface area contributed by atoms with Crippen LogP contribution in [-0.2, 0) is 49.9 Å². The summed E-state index contributed by atoms with van der Waals surface area (Å²) in [5, 5.41) is 12.8. The molecule has 5 unspecified atom stereocenters. The highest BCUT2D eigenvalue weighted by Crippen LogP contribution is 2.38. The lowest BCUT2D eigenvalue weighted by Crippen LogP contribution is -2.57. The van der Waals surface area contributed by atoms with Crippen molar-refractivity contribution in [1.82, 2.24) is 0 Å². The van der Waals surface area contributed by atoms with Crippen LogP contribution in [-0.4, -0.2) is 55.4 Å².